The fourth-order valence-corrected chi connectivity index (χ4v) is 3.24. The summed E-state index contributed by atoms with van der Waals surface area (Å²) in [4.78, 5) is 18.6. The number of fused-ring (bicyclic) bond motifs is 2. The van der Waals surface area contributed by atoms with Crippen molar-refractivity contribution >= 4 is 21.8 Å². The van der Waals surface area contributed by atoms with Crippen LogP contribution in [0.15, 0.2) is 22.8 Å². The molecule has 1 aromatic heterocycles. The average molecular weight is 310 g/mol. The monoisotopic (exact) mass is 309 g/mol. The molecule has 0 saturated carbocycles. The Morgan fingerprint density at radius 3 is 3.06 bits per heavy atom. The molecule has 2 fully saturated rings. The molecule has 2 aliphatic heterocycles. The number of amides is 1. The molecule has 4 nitrogen and oxygen atoms in total. The maximum Gasteiger partial charge on any atom is 0.273 e. The lowest BCUT2D eigenvalue weighted by molar-refractivity contribution is 0.0741. The second-order valence-corrected chi connectivity index (χ2v) is 5.87. The molecule has 1 N–H and O–H groups in total. The zero-order valence-electron chi connectivity index (χ0n) is 10.1. The quantitative estimate of drug-likeness (QED) is 0.860. The zero-order valence-corrected chi connectivity index (χ0v) is 11.7. The Balaban J connectivity index is 1.78. The first-order valence-electron chi connectivity index (χ1n) is 6.40. The lowest BCUT2D eigenvalue weighted by atomic mass is 10.1. The van der Waals surface area contributed by atoms with Crippen molar-refractivity contribution in [2.75, 3.05) is 13.1 Å². The number of halogens is 1. The first-order chi connectivity index (χ1) is 8.74. The summed E-state index contributed by atoms with van der Waals surface area (Å²) in [5, 5.41) is 3.58. The molecular formula is C13H16BrN3O. The summed E-state index contributed by atoms with van der Waals surface area (Å²) >= 11 is 3.40. The Morgan fingerprint density at radius 2 is 2.22 bits per heavy atom. The van der Waals surface area contributed by atoms with Gasteiger partial charge in [-0.1, -0.05) is 0 Å². The van der Waals surface area contributed by atoms with Gasteiger partial charge in [0.15, 0.2) is 0 Å². The molecule has 1 amide bonds. The van der Waals surface area contributed by atoms with E-state index in [-0.39, 0.29) is 5.91 Å². The molecule has 0 spiro atoms. The molecule has 18 heavy (non-hydrogen) atoms. The number of hydrogen-bond donors (Lipinski definition) is 1. The standard InChI is InChI=1S/C13H16BrN3O/c14-11-2-1-6-15-12(11)13(18)17-7-5-9-3-4-10(8-17)16-9/h1-2,6,9-10,16H,3-5,7-8H2. The molecule has 96 valence electrons. The first-order valence-corrected chi connectivity index (χ1v) is 7.19. The lowest BCUT2D eigenvalue weighted by Gasteiger charge is -2.24. The van der Waals surface area contributed by atoms with Crippen molar-refractivity contribution in [2.45, 2.75) is 31.3 Å². The number of nitrogens with one attached hydrogen (secondary N) is 1. The molecule has 2 unspecified atom stereocenters. The van der Waals surface area contributed by atoms with Crippen LogP contribution >= 0.6 is 15.9 Å². The second-order valence-electron chi connectivity index (χ2n) is 5.01. The van der Waals surface area contributed by atoms with Gasteiger partial charge in [-0.15, -0.1) is 0 Å². The van der Waals surface area contributed by atoms with Crippen LogP contribution in [0, 0.1) is 0 Å². The minimum absolute atomic E-state index is 0.0387. The summed E-state index contributed by atoms with van der Waals surface area (Å²) in [6.45, 7) is 1.63. The topological polar surface area (TPSA) is 45.2 Å². The molecule has 3 rings (SSSR count). The molecular weight excluding hydrogens is 294 g/mol. The van der Waals surface area contributed by atoms with E-state index in [4.69, 9.17) is 0 Å². The molecule has 0 aliphatic carbocycles. The van der Waals surface area contributed by atoms with E-state index >= 15 is 0 Å². The third-order valence-corrected chi connectivity index (χ3v) is 4.41. The van der Waals surface area contributed by atoms with Gasteiger partial charge in [-0.3, -0.25) is 4.79 Å². The fourth-order valence-electron chi connectivity index (χ4n) is 2.82. The Morgan fingerprint density at radius 1 is 1.39 bits per heavy atom. The first kappa shape index (κ1) is 12.1. The highest BCUT2D eigenvalue weighted by Gasteiger charge is 2.32. The molecule has 5 heteroatoms. The number of pyridine rings is 1. The van der Waals surface area contributed by atoms with Crippen LogP contribution in [0.4, 0.5) is 0 Å². The summed E-state index contributed by atoms with van der Waals surface area (Å²) in [5.41, 5.74) is 0.523. The van der Waals surface area contributed by atoms with Gasteiger partial charge in [-0.25, -0.2) is 4.98 Å². The zero-order chi connectivity index (χ0) is 12.5. The number of likely N-dealkylation sites (tertiary alicyclic amines) is 1. The van der Waals surface area contributed by atoms with Gasteiger partial charge in [-0.2, -0.15) is 0 Å². The van der Waals surface area contributed by atoms with E-state index in [1.807, 2.05) is 17.0 Å². The highest BCUT2D eigenvalue weighted by Crippen LogP contribution is 2.22. The minimum Gasteiger partial charge on any atom is -0.336 e. The smallest absolute Gasteiger partial charge is 0.273 e. The number of carbonyl (C=O) groups excluding carboxylic acids is 1. The second kappa shape index (κ2) is 4.97. The number of carbonyl (C=O) groups is 1. The average Bonchev–Trinajstić information content (AvgIpc) is 2.69. The van der Waals surface area contributed by atoms with E-state index < -0.39 is 0 Å². The number of aromatic nitrogens is 1. The van der Waals surface area contributed by atoms with Crippen LogP contribution in [0.2, 0.25) is 0 Å². The Labute approximate surface area is 115 Å². The van der Waals surface area contributed by atoms with Gasteiger partial charge < -0.3 is 10.2 Å². The molecule has 0 radical (unpaired) electrons. The van der Waals surface area contributed by atoms with Crippen LogP contribution in [-0.4, -0.2) is 41.0 Å². The van der Waals surface area contributed by atoms with Gasteiger partial charge in [-0.05, 0) is 47.3 Å². The largest absolute Gasteiger partial charge is 0.336 e. The molecule has 3 heterocycles. The third kappa shape index (κ3) is 2.29. The van der Waals surface area contributed by atoms with Crippen molar-refractivity contribution in [3.63, 3.8) is 0 Å². The van der Waals surface area contributed by atoms with Crippen molar-refractivity contribution < 1.29 is 4.79 Å². The van der Waals surface area contributed by atoms with E-state index in [1.165, 1.54) is 12.8 Å². The summed E-state index contributed by atoms with van der Waals surface area (Å²) in [6.07, 6.45) is 5.14. The van der Waals surface area contributed by atoms with E-state index in [2.05, 4.69) is 26.2 Å². The van der Waals surface area contributed by atoms with Gasteiger partial charge in [0.25, 0.3) is 5.91 Å². The summed E-state index contributed by atoms with van der Waals surface area (Å²) in [7, 11) is 0. The summed E-state index contributed by atoms with van der Waals surface area (Å²) in [6, 6.07) is 4.75. The SMILES string of the molecule is O=C(c1ncccc1Br)N1CCC2CCC(C1)N2. The van der Waals surface area contributed by atoms with Crippen molar-refractivity contribution in [3.05, 3.63) is 28.5 Å². The molecule has 0 aromatic carbocycles. The van der Waals surface area contributed by atoms with Gasteiger partial charge in [0, 0.05) is 35.8 Å². The van der Waals surface area contributed by atoms with Gasteiger partial charge in [0.2, 0.25) is 0 Å². The minimum atomic E-state index is 0.0387. The van der Waals surface area contributed by atoms with Gasteiger partial charge >= 0.3 is 0 Å². The number of rotatable bonds is 1. The highest BCUT2D eigenvalue weighted by atomic mass is 79.9. The van der Waals surface area contributed by atoms with E-state index in [0.29, 0.717) is 17.8 Å². The van der Waals surface area contributed by atoms with Gasteiger partial charge in [0.05, 0.1) is 0 Å². The Hall–Kier alpha value is -0.940. The molecule has 2 saturated heterocycles. The van der Waals surface area contributed by atoms with Crippen LogP contribution in [0.3, 0.4) is 0 Å². The summed E-state index contributed by atoms with van der Waals surface area (Å²) < 4.78 is 0.775. The molecule has 2 aliphatic rings. The van der Waals surface area contributed by atoms with E-state index in [0.717, 1.165) is 24.0 Å². The van der Waals surface area contributed by atoms with E-state index in [9.17, 15) is 4.79 Å². The van der Waals surface area contributed by atoms with Crippen molar-refractivity contribution in [3.8, 4) is 0 Å². The summed E-state index contributed by atoms with van der Waals surface area (Å²) in [5.74, 6) is 0.0387. The molecule has 2 atom stereocenters. The lowest BCUT2D eigenvalue weighted by Crippen LogP contribution is -2.39. The fraction of sp³-hybridized carbons (Fsp3) is 0.538. The van der Waals surface area contributed by atoms with Crippen LogP contribution in [0.5, 0.6) is 0 Å². The van der Waals surface area contributed by atoms with Crippen LogP contribution < -0.4 is 5.32 Å². The number of nitrogens with zero attached hydrogens (tertiary/aromatic N) is 2. The predicted octanol–water partition coefficient (Wildman–Crippen LogP) is 1.81. The molecule has 1 aromatic rings. The van der Waals surface area contributed by atoms with Crippen LogP contribution in [-0.2, 0) is 0 Å². The van der Waals surface area contributed by atoms with Crippen molar-refractivity contribution in [1.82, 2.24) is 15.2 Å². The molecule has 2 bridgehead atoms. The van der Waals surface area contributed by atoms with Crippen LogP contribution in [0.25, 0.3) is 0 Å². The Bertz CT molecular complexity index is 465. The third-order valence-electron chi connectivity index (χ3n) is 3.77. The number of hydrogen-bond acceptors (Lipinski definition) is 3. The predicted molar refractivity (Wildman–Crippen MR) is 72.4 cm³/mol. The highest BCUT2D eigenvalue weighted by molar-refractivity contribution is 9.10. The maximum absolute atomic E-state index is 12.5. The van der Waals surface area contributed by atoms with Crippen LogP contribution in [0.1, 0.15) is 29.8 Å². The normalized spacial score (nSPS) is 27.1. The van der Waals surface area contributed by atoms with Crippen molar-refractivity contribution in [1.29, 1.82) is 0 Å². The Kier molecular flexibility index (Phi) is 3.35. The maximum atomic E-state index is 12.5. The van der Waals surface area contributed by atoms with E-state index in [1.54, 1.807) is 6.20 Å². The van der Waals surface area contributed by atoms with Crippen molar-refractivity contribution in [2.24, 2.45) is 0 Å². The van der Waals surface area contributed by atoms with Gasteiger partial charge in [0.1, 0.15) is 5.69 Å².